The molecule has 122 valence electrons. The predicted molar refractivity (Wildman–Crippen MR) is 92.2 cm³/mol. The van der Waals surface area contributed by atoms with E-state index in [1.165, 1.54) is 0 Å². The van der Waals surface area contributed by atoms with Gasteiger partial charge in [0.1, 0.15) is 12.4 Å². The Hall–Kier alpha value is -2.33. The molecule has 0 fully saturated rings. The summed E-state index contributed by atoms with van der Waals surface area (Å²) in [7, 11) is 3.60. The summed E-state index contributed by atoms with van der Waals surface area (Å²) in [5, 5.41) is 2.67. The zero-order valence-electron chi connectivity index (χ0n) is 14.0. The first-order chi connectivity index (χ1) is 11.1. The number of rotatable bonds is 7. The maximum absolute atomic E-state index is 11.6. The molecule has 4 nitrogen and oxygen atoms in total. The Kier molecular flexibility index (Phi) is 6.18. The third kappa shape index (κ3) is 5.11. The molecule has 0 aliphatic heterocycles. The van der Waals surface area contributed by atoms with E-state index in [4.69, 9.17) is 4.74 Å². The van der Waals surface area contributed by atoms with Gasteiger partial charge in [-0.1, -0.05) is 42.5 Å². The zero-order valence-corrected chi connectivity index (χ0v) is 14.0. The van der Waals surface area contributed by atoms with E-state index in [9.17, 15) is 4.79 Å². The molecule has 2 aromatic carbocycles. The summed E-state index contributed by atoms with van der Waals surface area (Å²) in [4.78, 5) is 13.7. The van der Waals surface area contributed by atoms with Crippen LogP contribution < -0.4 is 10.1 Å². The predicted octanol–water partition coefficient (Wildman–Crippen LogP) is 2.83. The first-order valence-electron chi connectivity index (χ1n) is 7.77. The maximum atomic E-state index is 11.6. The monoisotopic (exact) mass is 312 g/mol. The van der Waals surface area contributed by atoms with Crippen molar-refractivity contribution in [3.05, 3.63) is 65.7 Å². The molecule has 1 N–H and O–H groups in total. The van der Waals surface area contributed by atoms with Gasteiger partial charge in [0.25, 0.3) is 0 Å². The minimum atomic E-state index is -0.158. The van der Waals surface area contributed by atoms with Crippen molar-refractivity contribution in [3.63, 3.8) is 0 Å². The molecule has 1 amide bonds. The Morgan fingerprint density at radius 3 is 2.35 bits per heavy atom. The van der Waals surface area contributed by atoms with Gasteiger partial charge in [0.2, 0.25) is 5.91 Å². The topological polar surface area (TPSA) is 41.6 Å². The van der Waals surface area contributed by atoms with Crippen LogP contribution in [0.4, 0.5) is 0 Å². The van der Waals surface area contributed by atoms with Crippen LogP contribution in [-0.4, -0.2) is 30.9 Å². The SMILES string of the molecule is CNC(=O)C(C)N(C)Cc1ccc(OCc2ccccc2)cc1. The average molecular weight is 312 g/mol. The van der Waals surface area contributed by atoms with Crippen LogP contribution in [0.2, 0.25) is 0 Å². The highest BCUT2D eigenvalue weighted by Gasteiger charge is 2.16. The van der Waals surface area contributed by atoms with E-state index in [1.54, 1.807) is 7.05 Å². The number of likely N-dealkylation sites (N-methyl/N-ethyl adjacent to an activating group) is 2. The molecule has 0 radical (unpaired) electrons. The van der Waals surface area contributed by atoms with Gasteiger partial charge in [-0.2, -0.15) is 0 Å². The molecule has 0 bridgehead atoms. The fraction of sp³-hybridized carbons (Fsp3) is 0.316. The second-order valence-corrected chi connectivity index (χ2v) is 5.62. The van der Waals surface area contributed by atoms with Crippen molar-refractivity contribution in [1.29, 1.82) is 0 Å². The zero-order chi connectivity index (χ0) is 16.7. The summed E-state index contributed by atoms with van der Waals surface area (Å²) in [6.07, 6.45) is 0. The number of nitrogens with zero attached hydrogens (tertiary/aromatic N) is 1. The Balaban J connectivity index is 1.88. The molecule has 0 saturated heterocycles. The number of benzene rings is 2. The van der Waals surface area contributed by atoms with Crippen molar-refractivity contribution in [2.45, 2.75) is 26.1 Å². The van der Waals surface area contributed by atoms with Crippen LogP contribution in [0.25, 0.3) is 0 Å². The molecule has 23 heavy (non-hydrogen) atoms. The van der Waals surface area contributed by atoms with Crippen molar-refractivity contribution >= 4 is 5.91 Å². The average Bonchev–Trinajstić information content (AvgIpc) is 2.60. The third-order valence-electron chi connectivity index (χ3n) is 3.89. The van der Waals surface area contributed by atoms with Gasteiger partial charge in [0.05, 0.1) is 6.04 Å². The molecule has 1 unspecified atom stereocenters. The lowest BCUT2D eigenvalue weighted by Gasteiger charge is -2.23. The fourth-order valence-corrected chi connectivity index (χ4v) is 2.27. The molecule has 0 saturated carbocycles. The Labute approximate surface area is 138 Å². The van der Waals surface area contributed by atoms with Crippen molar-refractivity contribution in [3.8, 4) is 5.75 Å². The highest BCUT2D eigenvalue weighted by atomic mass is 16.5. The van der Waals surface area contributed by atoms with E-state index in [2.05, 4.69) is 5.32 Å². The van der Waals surface area contributed by atoms with Crippen LogP contribution in [0.15, 0.2) is 54.6 Å². The minimum Gasteiger partial charge on any atom is -0.489 e. The van der Waals surface area contributed by atoms with Crippen molar-refractivity contribution < 1.29 is 9.53 Å². The lowest BCUT2D eigenvalue weighted by Crippen LogP contribution is -2.41. The first-order valence-corrected chi connectivity index (χ1v) is 7.77. The molecular formula is C19H24N2O2. The minimum absolute atomic E-state index is 0.0234. The van der Waals surface area contributed by atoms with Crippen LogP contribution in [0, 0.1) is 0 Å². The number of nitrogens with one attached hydrogen (secondary N) is 1. The lowest BCUT2D eigenvalue weighted by molar-refractivity contribution is -0.125. The van der Waals surface area contributed by atoms with Crippen LogP contribution in [0.1, 0.15) is 18.1 Å². The summed E-state index contributed by atoms with van der Waals surface area (Å²) in [6.45, 7) is 3.18. The van der Waals surface area contributed by atoms with Crippen LogP contribution in [-0.2, 0) is 17.9 Å². The van der Waals surface area contributed by atoms with Crippen LogP contribution in [0.5, 0.6) is 5.75 Å². The number of amides is 1. The molecule has 2 aromatic rings. The third-order valence-corrected chi connectivity index (χ3v) is 3.89. The highest BCUT2D eigenvalue weighted by Crippen LogP contribution is 2.15. The summed E-state index contributed by atoms with van der Waals surface area (Å²) in [5.41, 5.74) is 2.30. The quantitative estimate of drug-likeness (QED) is 0.855. The molecule has 2 rings (SSSR count). The smallest absolute Gasteiger partial charge is 0.236 e. The van der Waals surface area contributed by atoms with E-state index < -0.39 is 0 Å². The van der Waals surface area contributed by atoms with Gasteiger partial charge in [-0.3, -0.25) is 9.69 Å². The maximum Gasteiger partial charge on any atom is 0.236 e. The molecule has 0 aromatic heterocycles. The van der Waals surface area contributed by atoms with E-state index in [-0.39, 0.29) is 11.9 Å². The Morgan fingerprint density at radius 2 is 1.74 bits per heavy atom. The molecule has 0 heterocycles. The van der Waals surface area contributed by atoms with Gasteiger partial charge in [-0.15, -0.1) is 0 Å². The number of hydrogen-bond donors (Lipinski definition) is 1. The molecular weight excluding hydrogens is 288 g/mol. The van der Waals surface area contributed by atoms with E-state index in [1.807, 2.05) is 73.5 Å². The molecule has 0 spiro atoms. The molecule has 0 aliphatic rings. The van der Waals surface area contributed by atoms with Gasteiger partial charge in [-0.25, -0.2) is 0 Å². The normalized spacial score (nSPS) is 12.0. The molecule has 0 aliphatic carbocycles. The lowest BCUT2D eigenvalue weighted by atomic mass is 10.2. The van der Waals surface area contributed by atoms with Gasteiger partial charge in [0, 0.05) is 13.6 Å². The van der Waals surface area contributed by atoms with Gasteiger partial charge in [-0.05, 0) is 37.2 Å². The number of hydrogen-bond acceptors (Lipinski definition) is 3. The van der Waals surface area contributed by atoms with Gasteiger partial charge in [0.15, 0.2) is 0 Å². The summed E-state index contributed by atoms with van der Waals surface area (Å²) < 4.78 is 5.78. The second kappa shape index (κ2) is 8.34. The van der Waals surface area contributed by atoms with Crippen LogP contribution in [0.3, 0.4) is 0 Å². The highest BCUT2D eigenvalue weighted by molar-refractivity contribution is 5.80. The van der Waals surface area contributed by atoms with Crippen molar-refractivity contribution in [1.82, 2.24) is 10.2 Å². The Bertz CT molecular complexity index is 611. The number of carbonyl (C=O) groups is 1. The summed E-state index contributed by atoms with van der Waals surface area (Å²) in [5.74, 6) is 0.870. The second-order valence-electron chi connectivity index (χ2n) is 5.62. The standard InChI is InChI=1S/C19H24N2O2/c1-15(19(22)20-2)21(3)13-16-9-11-18(12-10-16)23-14-17-7-5-4-6-8-17/h4-12,15H,13-14H2,1-3H3,(H,20,22). The molecule has 4 heteroatoms. The van der Waals surface area contributed by atoms with E-state index in [0.717, 1.165) is 16.9 Å². The van der Waals surface area contributed by atoms with E-state index in [0.29, 0.717) is 13.2 Å². The van der Waals surface area contributed by atoms with Gasteiger partial charge < -0.3 is 10.1 Å². The molecule has 1 atom stereocenters. The number of carbonyl (C=O) groups excluding carboxylic acids is 1. The van der Waals surface area contributed by atoms with E-state index >= 15 is 0 Å². The van der Waals surface area contributed by atoms with Crippen molar-refractivity contribution in [2.24, 2.45) is 0 Å². The van der Waals surface area contributed by atoms with Crippen LogP contribution >= 0.6 is 0 Å². The van der Waals surface area contributed by atoms with Crippen molar-refractivity contribution in [2.75, 3.05) is 14.1 Å². The summed E-state index contributed by atoms with van der Waals surface area (Å²) >= 11 is 0. The summed E-state index contributed by atoms with van der Waals surface area (Å²) in [6, 6.07) is 17.9. The fourth-order valence-electron chi connectivity index (χ4n) is 2.27. The number of ether oxygens (including phenoxy) is 1. The Morgan fingerprint density at radius 1 is 1.09 bits per heavy atom. The first kappa shape index (κ1) is 17.0. The van der Waals surface area contributed by atoms with Gasteiger partial charge >= 0.3 is 0 Å². The largest absolute Gasteiger partial charge is 0.489 e.